The van der Waals surface area contributed by atoms with E-state index >= 15 is 0 Å². The standard InChI is InChI=1S/C19H26N4O3/c1-12(2)10-21-19(24)15-9-18(23-13(3)22-15)20-11-14-6-7-16(25-4)17(8-14)26-5/h6-9,12H,10-11H2,1-5H3,(H,21,24)(H,20,22,23). The van der Waals surface area contributed by atoms with Crippen molar-refractivity contribution in [1.29, 1.82) is 0 Å². The number of hydrogen-bond donors (Lipinski definition) is 2. The van der Waals surface area contributed by atoms with Crippen molar-refractivity contribution in [3.05, 3.63) is 41.3 Å². The lowest BCUT2D eigenvalue weighted by molar-refractivity contribution is 0.0943. The summed E-state index contributed by atoms with van der Waals surface area (Å²) >= 11 is 0. The monoisotopic (exact) mass is 358 g/mol. The second-order valence-electron chi connectivity index (χ2n) is 6.33. The van der Waals surface area contributed by atoms with Gasteiger partial charge in [0.25, 0.3) is 5.91 Å². The van der Waals surface area contributed by atoms with Crippen LogP contribution in [0.1, 0.15) is 35.7 Å². The van der Waals surface area contributed by atoms with E-state index in [1.165, 1.54) is 0 Å². The van der Waals surface area contributed by atoms with Crippen molar-refractivity contribution in [2.24, 2.45) is 5.92 Å². The highest BCUT2D eigenvalue weighted by atomic mass is 16.5. The number of methoxy groups -OCH3 is 2. The first-order valence-electron chi connectivity index (χ1n) is 8.51. The lowest BCUT2D eigenvalue weighted by Gasteiger charge is -2.12. The minimum absolute atomic E-state index is 0.196. The number of carbonyl (C=O) groups excluding carboxylic acids is 1. The summed E-state index contributed by atoms with van der Waals surface area (Å²) in [6.45, 7) is 6.99. The average Bonchev–Trinajstić information content (AvgIpc) is 2.63. The average molecular weight is 358 g/mol. The van der Waals surface area contributed by atoms with E-state index in [2.05, 4.69) is 20.6 Å². The molecule has 7 heteroatoms. The van der Waals surface area contributed by atoms with Crippen molar-refractivity contribution >= 4 is 11.7 Å². The molecule has 0 saturated carbocycles. The molecule has 0 atom stereocenters. The van der Waals surface area contributed by atoms with Crippen molar-refractivity contribution < 1.29 is 14.3 Å². The van der Waals surface area contributed by atoms with Gasteiger partial charge in [0.2, 0.25) is 0 Å². The van der Waals surface area contributed by atoms with Gasteiger partial charge in [0.05, 0.1) is 14.2 Å². The number of hydrogen-bond acceptors (Lipinski definition) is 6. The number of rotatable bonds is 8. The Morgan fingerprint density at radius 2 is 1.85 bits per heavy atom. The molecular weight excluding hydrogens is 332 g/mol. The minimum Gasteiger partial charge on any atom is -0.493 e. The van der Waals surface area contributed by atoms with E-state index in [1.807, 2.05) is 32.0 Å². The molecule has 0 aliphatic carbocycles. The Labute approximate surface area is 154 Å². The molecule has 0 fully saturated rings. The van der Waals surface area contributed by atoms with Crippen LogP contribution in [0.25, 0.3) is 0 Å². The van der Waals surface area contributed by atoms with Gasteiger partial charge in [-0.1, -0.05) is 19.9 Å². The van der Waals surface area contributed by atoms with E-state index in [0.717, 1.165) is 5.56 Å². The molecule has 7 nitrogen and oxygen atoms in total. The highest BCUT2D eigenvalue weighted by Crippen LogP contribution is 2.27. The molecule has 0 aliphatic rings. The maximum Gasteiger partial charge on any atom is 0.270 e. The van der Waals surface area contributed by atoms with Crippen LogP contribution < -0.4 is 20.1 Å². The molecule has 0 saturated heterocycles. The van der Waals surface area contributed by atoms with Crippen LogP contribution in [-0.4, -0.2) is 36.6 Å². The zero-order valence-corrected chi connectivity index (χ0v) is 15.9. The summed E-state index contributed by atoms with van der Waals surface area (Å²) in [4.78, 5) is 20.8. The molecule has 0 radical (unpaired) electrons. The molecule has 1 amide bonds. The fourth-order valence-corrected chi connectivity index (χ4v) is 2.35. The Hall–Kier alpha value is -2.83. The normalized spacial score (nSPS) is 10.5. The van der Waals surface area contributed by atoms with Crippen molar-refractivity contribution in [2.75, 3.05) is 26.1 Å². The van der Waals surface area contributed by atoms with Gasteiger partial charge in [0.15, 0.2) is 11.5 Å². The number of anilines is 1. The molecule has 140 valence electrons. The summed E-state index contributed by atoms with van der Waals surface area (Å²) in [5.41, 5.74) is 1.36. The number of carbonyl (C=O) groups is 1. The maximum atomic E-state index is 12.2. The van der Waals surface area contributed by atoms with E-state index in [0.29, 0.717) is 47.8 Å². The second-order valence-corrected chi connectivity index (χ2v) is 6.33. The summed E-state index contributed by atoms with van der Waals surface area (Å²) in [5.74, 6) is 2.67. The number of benzene rings is 1. The van der Waals surface area contributed by atoms with Gasteiger partial charge < -0.3 is 20.1 Å². The zero-order valence-electron chi connectivity index (χ0n) is 15.9. The summed E-state index contributed by atoms with van der Waals surface area (Å²) in [6.07, 6.45) is 0. The predicted molar refractivity (Wildman–Crippen MR) is 101 cm³/mol. The van der Waals surface area contributed by atoms with Crippen LogP contribution >= 0.6 is 0 Å². The Balaban J connectivity index is 2.09. The van der Waals surface area contributed by atoms with Crippen LogP contribution in [-0.2, 0) is 6.54 Å². The molecule has 2 N–H and O–H groups in total. The summed E-state index contributed by atoms with van der Waals surface area (Å²) in [7, 11) is 3.20. The Bertz CT molecular complexity index is 762. The fraction of sp³-hybridized carbons (Fsp3) is 0.421. The Morgan fingerprint density at radius 3 is 2.50 bits per heavy atom. The number of aryl methyl sites for hydroxylation is 1. The van der Waals surface area contributed by atoms with Crippen LogP contribution in [0.2, 0.25) is 0 Å². The molecule has 0 spiro atoms. The molecule has 0 bridgehead atoms. The molecule has 1 heterocycles. The first kappa shape index (κ1) is 19.5. The van der Waals surface area contributed by atoms with Gasteiger partial charge in [0.1, 0.15) is 17.3 Å². The van der Waals surface area contributed by atoms with Gasteiger partial charge in [-0.15, -0.1) is 0 Å². The Morgan fingerprint density at radius 1 is 1.12 bits per heavy atom. The van der Waals surface area contributed by atoms with Gasteiger partial charge in [-0.05, 0) is 30.5 Å². The van der Waals surface area contributed by atoms with E-state index in [9.17, 15) is 4.79 Å². The van der Waals surface area contributed by atoms with Gasteiger partial charge in [-0.3, -0.25) is 4.79 Å². The largest absolute Gasteiger partial charge is 0.493 e. The minimum atomic E-state index is -0.196. The van der Waals surface area contributed by atoms with Crippen LogP contribution in [0.15, 0.2) is 24.3 Å². The molecular formula is C19H26N4O3. The van der Waals surface area contributed by atoms with Gasteiger partial charge in [0, 0.05) is 19.2 Å². The second kappa shape index (κ2) is 9.03. The SMILES string of the molecule is COc1ccc(CNc2cc(C(=O)NCC(C)C)nc(C)n2)cc1OC. The molecule has 0 unspecified atom stereocenters. The smallest absolute Gasteiger partial charge is 0.270 e. The Kier molecular flexibility index (Phi) is 6.77. The van der Waals surface area contributed by atoms with Crippen LogP contribution in [0.4, 0.5) is 5.82 Å². The summed E-state index contributed by atoms with van der Waals surface area (Å²) in [5, 5.41) is 6.09. The lowest BCUT2D eigenvalue weighted by atomic mass is 10.2. The number of nitrogens with zero attached hydrogens (tertiary/aromatic N) is 2. The van der Waals surface area contributed by atoms with E-state index in [4.69, 9.17) is 9.47 Å². The molecule has 26 heavy (non-hydrogen) atoms. The molecule has 2 aromatic rings. The summed E-state index contributed by atoms with van der Waals surface area (Å²) in [6, 6.07) is 7.35. The number of nitrogens with one attached hydrogen (secondary N) is 2. The van der Waals surface area contributed by atoms with Crippen molar-refractivity contribution in [3.8, 4) is 11.5 Å². The van der Waals surface area contributed by atoms with Gasteiger partial charge in [-0.25, -0.2) is 9.97 Å². The third-order valence-electron chi connectivity index (χ3n) is 3.66. The number of aromatic nitrogens is 2. The van der Waals surface area contributed by atoms with Crippen LogP contribution in [0.5, 0.6) is 11.5 Å². The third kappa shape index (κ3) is 5.34. The highest BCUT2D eigenvalue weighted by molar-refractivity contribution is 5.92. The first-order chi connectivity index (χ1) is 12.4. The fourth-order valence-electron chi connectivity index (χ4n) is 2.35. The topological polar surface area (TPSA) is 85.4 Å². The van der Waals surface area contributed by atoms with Gasteiger partial charge in [-0.2, -0.15) is 0 Å². The van der Waals surface area contributed by atoms with E-state index in [1.54, 1.807) is 27.2 Å². The van der Waals surface area contributed by atoms with Crippen molar-refractivity contribution in [1.82, 2.24) is 15.3 Å². The molecule has 2 rings (SSSR count). The lowest BCUT2D eigenvalue weighted by Crippen LogP contribution is -2.28. The van der Waals surface area contributed by atoms with Crippen LogP contribution in [0, 0.1) is 12.8 Å². The summed E-state index contributed by atoms with van der Waals surface area (Å²) < 4.78 is 10.6. The third-order valence-corrected chi connectivity index (χ3v) is 3.66. The van der Waals surface area contributed by atoms with Crippen molar-refractivity contribution in [3.63, 3.8) is 0 Å². The predicted octanol–water partition coefficient (Wildman–Crippen LogP) is 2.80. The molecule has 1 aromatic carbocycles. The van der Waals surface area contributed by atoms with Crippen molar-refractivity contribution in [2.45, 2.75) is 27.3 Å². The maximum absolute atomic E-state index is 12.2. The van der Waals surface area contributed by atoms with Gasteiger partial charge >= 0.3 is 0 Å². The quantitative estimate of drug-likeness (QED) is 0.755. The zero-order chi connectivity index (χ0) is 19.1. The van der Waals surface area contributed by atoms with Crippen LogP contribution in [0.3, 0.4) is 0 Å². The number of ether oxygens (including phenoxy) is 2. The first-order valence-corrected chi connectivity index (χ1v) is 8.51. The number of amides is 1. The van der Waals surface area contributed by atoms with E-state index < -0.39 is 0 Å². The molecule has 1 aromatic heterocycles. The van der Waals surface area contributed by atoms with E-state index in [-0.39, 0.29) is 5.91 Å². The highest BCUT2D eigenvalue weighted by Gasteiger charge is 2.11. The molecule has 0 aliphatic heterocycles.